The molecule has 98 valence electrons. The summed E-state index contributed by atoms with van der Waals surface area (Å²) in [4.78, 5) is 24.6. The van der Waals surface area contributed by atoms with E-state index >= 15 is 0 Å². The van der Waals surface area contributed by atoms with E-state index in [1.165, 1.54) is 0 Å². The maximum absolute atomic E-state index is 11.8. The first-order chi connectivity index (χ1) is 7.95. The molecule has 0 aromatic rings. The van der Waals surface area contributed by atoms with E-state index in [2.05, 4.69) is 5.32 Å². The second-order valence-corrected chi connectivity index (χ2v) is 4.87. The van der Waals surface area contributed by atoms with Gasteiger partial charge in [-0.25, -0.2) is 0 Å². The molecule has 0 radical (unpaired) electrons. The van der Waals surface area contributed by atoms with Gasteiger partial charge in [0, 0.05) is 26.6 Å². The Morgan fingerprint density at radius 2 is 2.29 bits per heavy atom. The van der Waals surface area contributed by atoms with Gasteiger partial charge >= 0.3 is 0 Å². The lowest BCUT2D eigenvalue weighted by Crippen LogP contribution is -2.39. The zero-order valence-corrected chi connectivity index (χ0v) is 10.8. The second-order valence-electron chi connectivity index (χ2n) is 4.87. The van der Waals surface area contributed by atoms with Crippen LogP contribution in [0.3, 0.4) is 0 Å². The molecular weight excluding hydrogens is 220 g/mol. The third-order valence-corrected chi connectivity index (χ3v) is 3.50. The van der Waals surface area contributed by atoms with Crippen molar-refractivity contribution in [3.63, 3.8) is 0 Å². The number of likely N-dealkylation sites (tertiary alicyclic amines) is 1. The molecule has 0 aromatic carbocycles. The van der Waals surface area contributed by atoms with Gasteiger partial charge in [0.05, 0.1) is 12.0 Å². The van der Waals surface area contributed by atoms with Crippen molar-refractivity contribution in [3.8, 4) is 0 Å². The Bertz CT molecular complexity index is 293. The van der Waals surface area contributed by atoms with E-state index in [0.29, 0.717) is 6.54 Å². The molecule has 1 saturated heterocycles. The van der Waals surface area contributed by atoms with Crippen LogP contribution >= 0.6 is 0 Å². The van der Waals surface area contributed by atoms with Crippen LogP contribution in [0.1, 0.15) is 26.7 Å². The Balaban J connectivity index is 2.33. The molecule has 17 heavy (non-hydrogen) atoms. The summed E-state index contributed by atoms with van der Waals surface area (Å²) in [6, 6.07) is 0. The van der Waals surface area contributed by atoms with Crippen molar-refractivity contribution in [1.29, 1.82) is 0 Å². The minimum absolute atomic E-state index is 0.00706. The average Bonchev–Trinajstić information content (AvgIpc) is 2.65. The fraction of sp³-hybridized carbons (Fsp3) is 0.833. The van der Waals surface area contributed by atoms with Crippen LogP contribution in [-0.2, 0) is 9.59 Å². The molecule has 5 nitrogen and oxygen atoms in total. The molecule has 0 aliphatic carbocycles. The fourth-order valence-corrected chi connectivity index (χ4v) is 1.86. The SMILES string of the molecule is CCC(C)C(O)CNC(=O)C1CC(=O)N(C)C1. The zero-order chi connectivity index (χ0) is 13.0. The molecular formula is C12H22N2O3. The predicted octanol–water partition coefficient (Wildman–Crippen LogP) is -0.0121. The van der Waals surface area contributed by atoms with Gasteiger partial charge in [-0.15, -0.1) is 0 Å². The molecule has 0 bridgehead atoms. The van der Waals surface area contributed by atoms with Crippen LogP contribution in [0.4, 0.5) is 0 Å². The van der Waals surface area contributed by atoms with Gasteiger partial charge in [-0.05, 0) is 5.92 Å². The highest BCUT2D eigenvalue weighted by Gasteiger charge is 2.32. The van der Waals surface area contributed by atoms with E-state index in [1.807, 2.05) is 13.8 Å². The van der Waals surface area contributed by atoms with Crippen LogP contribution < -0.4 is 5.32 Å². The first-order valence-electron chi connectivity index (χ1n) is 6.15. The second kappa shape index (κ2) is 6.00. The van der Waals surface area contributed by atoms with E-state index in [4.69, 9.17) is 0 Å². The molecule has 1 fully saturated rings. The van der Waals surface area contributed by atoms with E-state index < -0.39 is 6.10 Å². The highest BCUT2D eigenvalue weighted by Crippen LogP contribution is 2.16. The summed E-state index contributed by atoms with van der Waals surface area (Å²) in [6.45, 7) is 4.69. The lowest BCUT2D eigenvalue weighted by molar-refractivity contribution is -0.128. The molecule has 0 aromatic heterocycles. The maximum atomic E-state index is 11.8. The number of carbonyl (C=O) groups is 2. The van der Waals surface area contributed by atoms with Crippen LogP contribution in [0.15, 0.2) is 0 Å². The number of hydrogen-bond donors (Lipinski definition) is 2. The van der Waals surface area contributed by atoms with Gasteiger partial charge < -0.3 is 15.3 Å². The van der Waals surface area contributed by atoms with Crippen molar-refractivity contribution in [2.24, 2.45) is 11.8 Å². The predicted molar refractivity (Wildman–Crippen MR) is 64.2 cm³/mol. The smallest absolute Gasteiger partial charge is 0.225 e. The number of rotatable bonds is 5. The number of amides is 2. The minimum atomic E-state index is -0.515. The van der Waals surface area contributed by atoms with Crippen molar-refractivity contribution in [2.45, 2.75) is 32.8 Å². The van der Waals surface area contributed by atoms with Gasteiger partial charge in [-0.2, -0.15) is 0 Å². The molecule has 1 rings (SSSR count). The Morgan fingerprint density at radius 3 is 2.76 bits per heavy atom. The Morgan fingerprint density at radius 1 is 1.65 bits per heavy atom. The molecule has 2 N–H and O–H groups in total. The summed E-state index contributed by atoms with van der Waals surface area (Å²) in [5.74, 6) is -0.225. The van der Waals surface area contributed by atoms with E-state index in [0.717, 1.165) is 6.42 Å². The van der Waals surface area contributed by atoms with Crippen LogP contribution in [0.2, 0.25) is 0 Å². The highest BCUT2D eigenvalue weighted by molar-refractivity contribution is 5.89. The van der Waals surface area contributed by atoms with Gasteiger partial charge in [0.1, 0.15) is 0 Å². The maximum Gasteiger partial charge on any atom is 0.225 e. The van der Waals surface area contributed by atoms with Crippen molar-refractivity contribution < 1.29 is 14.7 Å². The van der Waals surface area contributed by atoms with E-state index in [9.17, 15) is 14.7 Å². The van der Waals surface area contributed by atoms with E-state index in [-0.39, 0.29) is 36.6 Å². The Kier molecular flexibility index (Phi) is 4.93. The normalized spacial score (nSPS) is 23.6. The monoisotopic (exact) mass is 242 g/mol. The summed E-state index contributed by atoms with van der Waals surface area (Å²) in [6.07, 6.45) is 0.641. The molecule has 3 atom stereocenters. The Labute approximate surface area is 102 Å². The number of carbonyl (C=O) groups excluding carboxylic acids is 2. The topological polar surface area (TPSA) is 69.6 Å². The van der Waals surface area contributed by atoms with E-state index in [1.54, 1.807) is 11.9 Å². The molecule has 0 spiro atoms. The first-order valence-corrected chi connectivity index (χ1v) is 6.15. The van der Waals surface area contributed by atoms with Gasteiger partial charge in [-0.3, -0.25) is 9.59 Å². The molecule has 2 amide bonds. The summed E-state index contributed by atoms with van der Waals surface area (Å²) < 4.78 is 0. The standard InChI is InChI=1S/C12H22N2O3/c1-4-8(2)10(15)6-13-12(17)9-5-11(16)14(3)7-9/h8-10,15H,4-7H2,1-3H3,(H,13,17). The van der Waals surface area contributed by atoms with Gasteiger partial charge in [0.15, 0.2) is 0 Å². The highest BCUT2D eigenvalue weighted by atomic mass is 16.3. The Hall–Kier alpha value is -1.10. The summed E-state index contributed by atoms with van der Waals surface area (Å²) >= 11 is 0. The molecule has 3 unspecified atom stereocenters. The molecule has 0 saturated carbocycles. The number of nitrogens with zero attached hydrogens (tertiary/aromatic N) is 1. The number of nitrogens with one attached hydrogen (secondary N) is 1. The van der Waals surface area contributed by atoms with Crippen molar-refractivity contribution in [3.05, 3.63) is 0 Å². The third kappa shape index (κ3) is 3.70. The van der Waals surface area contributed by atoms with Crippen LogP contribution in [0.5, 0.6) is 0 Å². The molecule has 1 aliphatic heterocycles. The quantitative estimate of drug-likeness (QED) is 0.712. The summed E-state index contributed by atoms with van der Waals surface area (Å²) in [5, 5.41) is 12.4. The summed E-state index contributed by atoms with van der Waals surface area (Å²) in [5.41, 5.74) is 0. The average molecular weight is 242 g/mol. The lowest BCUT2D eigenvalue weighted by Gasteiger charge is -2.18. The number of aliphatic hydroxyl groups excluding tert-OH is 1. The van der Waals surface area contributed by atoms with Crippen molar-refractivity contribution in [2.75, 3.05) is 20.1 Å². The minimum Gasteiger partial charge on any atom is -0.391 e. The largest absolute Gasteiger partial charge is 0.391 e. The fourth-order valence-electron chi connectivity index (χ4n) is 1.86. The van der Waals surface area contributed by atoms with Gasteiger partial charge in [0.2, 0.25) is 11.8 Å². The number of hydrogen-bond acceptors (Lipinski definition) is 3. The van der Waals surface area contributed by atoms with Crippen molar-refractivity contribution in [1.82, 2.24) is 10.2 Å². The van der Waals surface area contributed by atoms with Crippen molar-refractivity contribution >= 4 is 11.8 Å². The van der Waals surface area contributed by atoms with Crippen LogP contribution in [0, 0.1) is 11.8 Å². The first kappa shape index (κ1) is 14.0. The van der Waals surface area contributed by atoms with Crippen LogP contribution in [-0.4, -0.2) is 48.1 Å². The zero-order valence-electron chi connectivity index (χ0n) is 10.8. The lowest BCUT2D eigenvalue weighted by atomic mass is 10.0. The molecule has 1 heterocycles. The molecule has 1 aliphatic rings. The third-order valence-electron chi connectivity index (χ3n) is 3.50. The molecule has 5 heteroatoms. The van der Waals surface area contributed by atoms with Gasteiger partial charge in [-0.1, -0.05) is 20.3 Å². The summed E-state index contributed by atoms with van der Waals surface area (Å²) in [7, 11) is 1.70. The van der Waals surface area contributed by atoms with Crippen LogP contribution in [0.25, 0.3) is 0 Å². The van der Waals surface area contributed by atoms with Gasteiger partial charge in [0.25, 0.3) is 0 Å². The number of aliphatic hydroxyl groups is 1.